The van der Waals surface area contributed by atoms with E-state index in [0.29, 0.717) is 30.0 Å². The first kappa shape index (κ1) is 23.0. The summed E-state index contributed by atoms with van der Waals surface area (Å²) in [6, 6.07) is 17.9. The number of nitrogens with two attached hydrogens (primary N) is 1. The number of benzene rings is 2. The van der Waals surface area contributed by atoms with Crippen LogP contribution in [-0.4, -0.2) is 22.4 Å². The van der Waals surface area contributed by atoms with Crippen LogP contribution >= 0.6 is 0 Å². The summed E-state index contributed by atoms with van der Waals surface area (Å²) in [4.78, 5) is 20.7. The molecular formula is C26H23F2N5O. The van der Waals surface area contributed by atoms with Crippen molar-refractivity contribution in [3.63, 3.8) is 0 Å². The fraction of sp³-hybridized carbons (Fsp3) is 0.115. The molecule has 6 nitrogen and oxygen atoms in total. The number of hydrogen-bond donors (Lipinski definition) is 3. The minimum Gasteiger partial charge on any atom is -0.384 e. The molecule has 0 radical (unpaired) electrons. The zero-order chi connectivity index (χ0) is 23.9. The maximum Gasteiger partial charge on any atom is 0.253 e. The van der Waals surface area contributed by atoms with Crippen molar-refractivity contribution in [2.45, 2.75) is 12.6 Å². The predicted molar refractivity (Wildman–Crippen MR) is 127 cm³/mol. The summed E-state index contributed by atoms with van der Waals surface area (Å²) in [7, 11) is 0. The number of carbonyl (C=O) groups is 1. The van der Waals surface area contributed by atoms with Crippen molar-refractivity contribution in [1.29, 1.82) is 0 Å². The Morgan fingerprint density at radius 1 is 0.941 bits per heavy atom. The molecule has 2 aromatic heterocycles. The van der Waals surface area contributed by atoms with Gasteiger partial charge in [-0.25, -0.2) is 13.8 Å². The second kappa shape index (κ2) is 10.6. The van der Waals surface area contributed by atoms with Crippen molar-refractivity contribution in [2.75, 3.05) is 12.3 Å². The van der Waals surface area contributed by atoms with Crippen LogP contribution in [0.4, 0.5) is 14.6 Å². The number of carbonyl (C=O) groups excluding carboxylic acids is 1. The highest BCUT2D eigenvalue weighted by atomic mass is 19.2. The molecule has 4 rings (SSSR count). The molecule has 0 unspecified atom stereocenters. The van der Waals surface area contributed by atoms with E-state index in [1.165, 1.54) is 12.3 Å². The second-order valence-electron chi connectivity index (χ2n) is 7.74. The van der Waals surface area contributed by atoms with Crippen LogP contribution in [0, 0.1) is 11.6 Å². The summed E-state index contributed by atoms with van der Waals surface area (Å²) >= 11 is 0. The normalized spacial score (nSPS) is 11.7. The Hall–Kier alpha value is -4.17. The van der Waals surface area contributed by atoms with E-state index in [1.807, 2.05) is 30.3 Å². The standard InChI is InChI=1S/C26H23F2N5O/c27-22-9-7-19(12-23(22)28)24(33-26(34)21-2-1-11-30-14-21)16-31-13-17-3-5-18(6-4-17)20-8-10-25(29)32-15-20/h1-12,14-15,24,31H,13,16H2,(H2,29,32)(H,33,34)/t24-/m1/s1. The van der Waals surface area contributed by atoms with Crippen LogP contribution in [0.2, 0.25) is 0 Å². The van der Waals surface area contributed by atoms with Crippen LogP contribution in [-0.2, 0) is 6.54 Å². The van der Waals surface area contributed by atoms with Crippen molar-refractivity contribution in [2.24, 2.45) is 0 Å². The molecule has 2 heterocycles. The Balaban J connectivity index is 1.43. The number of anilines is 1. The number of hydrogen-bond acceptors (Lipinski definition) is 5. The van der Waals surface area contributed by atoms with Gasteiger partial charge in [-0.15, -0.1) is 0 Å². The summed E-state index contributed by atoms with van der Waals surface area (Å²) in [6.45, 7) is 0.823. The highest BCUT2D eigenvalue weighted by Crippen LogP contribution is 2.20. The Morgan fingerprint density at radius 3 is 2.41 bits per heavy atom. The fourth-order valence-electron chi connectivity index (χ4n) is 3.47. The molecular weight excluding hydrogens is 436 g/mol. The topological polar surface area (TPSA) is 92.9 Å². The van der Waals surface area contributed by atoms with Gasteiger partial charge >= 0.3 is 0 Å². The third-order valence-electron chi connectivity index (χ3n) is 5.33. The van der Waals surface area contributed by atoms with Gasteiger partial charge in [-0.3, -0.25) is 9.78 Å². The van der Waals surface area contributed by atoms with Crippen LogP contribution < -0.4 is 16.4 Å². The van der Waals surface area contributed by atoms with Crippen molar-refractivity contribution in [3.05, 3.63) is 114 Å². The van der Waals surface area contributed by atoms with Gasteiger partial charge in [0, 0.05) is 37.2 Å². The minimum absolute atomic E-state index is 0.306. The lowest BCUT2D eigenvalue weighted by molar-refractivity contribution is 0.0935. The number of rotatable bonds is 8. The zero-order valence-corrected chi connectivity index (χ0v) is 18.2. The second-order valence-corrected chi connectivity index (χ2v) is 7.74. The van der Waals surface area contributed by atoms with E-state index < -0.39 is 17.7 Å². The van der Waals surface area contributed by atoms with Gasteiger partial charge in [-0.05, 0) is 53.1 Å². The number of nitrogens with one attached hydrogen (secondary N) is 2. The Morgan fingerprint density at radius 2 is 1.74 bits per heavy atom. The first-order chi connectivity index (χ1) is 16.5. The quantitative estimate of drug-likeness (QED) is 0.366. The molecule has 0 spiro atoms. The molecule has 0 aliphatic rings. The Labute approximate surface area is 195 Å². The van der Waals surface area contributed by atoms with Crippen LogP contribution in [0.5, 0.6) is 0 Å². The lowest BCUT2D eigenvalue weighted by atomic mass is 10.0. The van der Waals surface area contributed by atoms with Crippen molar-refractivity contribution in [1.82, 2.24) is 20.6 Å². The third-order valence-corrected chi connectivity index (χ3v) is 5.33. The van der Waals surface area contributed by atoms with E-state index in [0.717, 1.165) is 28.8 Å². The number of nitrogens with zero attached hydrogens (tertiary/aromatic N) is 2. The van der Waals surface area contributed by atoms with E-state index in [4.69, 9.17) is 5.73 Å². The van der Waals surface area contributed by atoms with Gasteiger partial charge in [0.2, 0.25) is 0 Å². The number of nitrogen functional groups attached to an aromatic ring is 1. The third kappa shape index (κ3) is 5.79. The van der Waals surface area contributed by atoms with Crippen LogP contribution in [0.3, 0.4) is 0 Å². The van der Waals surface area contributed by atoms with E-state index in [9.17, 15) is 13.6 Å². The highest BCUT2D eigenvalue weighted by Gasteiger charge is 2.17. The first-order valence-electron chi connectivity index (χ1n) is 10.7. The maximum atomic E-state index is 13.9. The average Bonchev–Trinajstić information content (AvgIpc) is 2.86. The molecule has 4 N–H and O–H groups in total. The van der Waals surface area contributed by atoms with Gasteiger partial charge in [0.05, 0.1) is 11.6 Å². The molecule has 1 atom stereocenters. The lowest BCUT2D eigenvalue weighted by Gasteiger charge is -2.20. The molecule has 34 heavy (non-hydrogen) atoms. The van der Waals surface area contributed by atoms with Gasteiger partial charge in [0.15, 0.2) is 11.6 Å². The van der Waals surface area contributed by atoms with Crippen molar-refractivity contribution < 1.29 is 13.6 Å². The van der Waals surface area contributed by atoms with Crippen molar-refractivity contribution in [3.8, 4) is 11.1 Å². The summed E-state index contributed by atoms with van der Waals surface area (Å²) in [5.74, 6) is -1.79. The maximum absolute atomic E-state index is 13.9. The lowest BCUT2D eigenvalue weighted by Crippen LogP contribution is -2.35. The summed E-state index contributed by atoms with van der Waals surface area (Å²) in [6.07, 6.45) is 4.74. The predicted octanol–water partition coefficient (Wildman–Crippen LogP) is 4.26. The summed E-state index contributed by atoms with van der Waals surface area (Å²) in [5, 5.41) is 6.15. The van der Waals surface area contributed by atoms with Crippen LogP contribution in [0.15, 0.2) is 85.3 Å². The molecule has 0 fully saturated rings. The molecule has 0 saturated heterocycles. The number of halogens is 2. The van der Waals surface area contributed by atoms with E-state index in [-0.39, 0.29) is 5.91 Å². The molecule has 0 saturated carbocycles. The van der Waals surface area contributed by atoms with Gasteiger partial charge in [0.1, 0.15) is 5.82 Å². The largest absolute Gasteiger partial charge is 0.384 e. The molecule has 1 amide bonds. The molecule has 2 aromatic carbocycles. The molecule has 0 bridgehead atoms. The highest BCUT2D eigenvalue weighted by molar-refractivity contribution is 5.94. The smallest absolute Gasteiger partial charge is 0.253 e. The minimum atomic E-state index is -0.967. The molecule has 8 heteroatoms. The van der Waals surface area contributed by atoms with Crippen LogP contribution in [0.25, 0.3) is 11.1 Å². The zero-order valence-electron chi connectivity index (χ0n) is 18.2. The Kier molecular flexibility index (Phi) is 7.19. The van der Waals surface area contributed by atoms with Gasteiger partial charge in [-0.1, -0.05) is 30.3 Å². The van der Waals surface area contributed by atoms with Crippen molar-refractivity contribution >= 4 is 11.7 Å². The van der Waals surface area contributed by atoms with Crippen LogP contribution in [0.1, 0.15) is 27.5 Å². The van der Waals surface area contributed by atoms with Gasteiger partial charge in [0.25, 0.3) is 5.91 Å². The monoisotopic (exact) mass is 459 g/mol. The summed E-state index contributed by atoms with van der Waals surface area (Å²) in [5.41, 5.74) is 9.47. The van der Waals surface area contributed by atoms with Gasteiger partial charge < -0.3 is 16.4 Å². The fourth-order valence-corrected chi connectivity index (χ4v) is 3.47. The molecule has 0 aliphatic heterocycles. The molecule has 172 valence electrons. The SMILES string of the molecule is Nc1ccc(-c2ccc(CNC[C@@H](NC(=O)c3cccnc3)c3ccc(F)c(F)c3)cc2)cn1. The number of pyridine rings is 2. The van der Waals surface area contributed by atoms with E-state index >= 15 is 0 Å². The van der Waals surface area contributed by atoms with E-state index in [1.54, 1.807) is 30.6 Å². The average molecular weight is 460 g/mol. The van der Waals surface area contributed by atoms with Gasteiger partial charge in [-0.2, -0.15) is 0 Å². The molecule has 4 aromatic rings. The molecule has 0 aliphatic carbocycles. The first-order valence-corrected chi connectivity index (χ1v) is 10.7. The Bertz CT molecular complexity index is 1250. The number of amides is 1. The number of aromatic nitrogens is 2. The summed E-state index contributed by atoms with van der Waals surface area (Å²) < 4.78 is 27.3. The van der Waals surface area contributed by atoms with E-state index in [2.05, 4.69) is 20.6 Å².